The third-order valence-corrected chi connectivity index (χ3v) is 2.67. The van der Waals surface area contributed by atoms with Gasteiger partial charge in [-0.15, -0.1) is 0 Å². The molecule has 0 aliphatic carbocycles. The molecule has 0 aromatic carbocycles. The van der Waals surface area contributed by atoms with Gasteiger partial charge in [-0.3, -0.25) is 4.79 Å². The van der Waals surface area contributed by atoms with Gasteiger partial charge in [0.15, 0.2) is 0 Å². The first kappa shape index (κ1) is 10.5. The number of hydrogen-bond acceptors (Lipinski definition) is 3. The van der Waals surface area contributed by atoms with Crippen LogP contribution in [0.5, 0.6) is 0 Å². The average Bonchev–Trinajstić information content (AvgIpc) is 2.52. The van der Waals surface area contributed by atoms with E-state index in [1.54, 1.807) is 0 Å². The summed E-state index contributed by atoms with van der Waals surface area (Å²) in [6, 6.07) is 0.629. The summed E-state index contributed by atoms with van der Waals surface area (Å²) < 4.78 is 5.04. The summed E-state index contributed by atoms with van der Waals surface area (Å²) in [5, 5.41) is 0. The van der Waals surface area contributed by atoms with Crippen LogP contribution < -0.4 is 0 Å². The van der Waals surface area contributed by atoms with Crippen molar-refractivity contribution in [3.05, 3.63) is 0 Å². The van der Waals surface area contributed by atoms with Crippen molar-refractivity contribution >= 4 is 5.97 Å². The number of esters is 1. The van der Waals surface area contributed by atoms with Gasteiger partial charge in [0.2, 0.25) is 0 Å². The van der Waals surface area contributed by atoms with Gasteiger partial charge in [-0.2, -0.15) is 0 Å². The zero-order valence-electron chi connectivity index (χ0n) is 8.58. The number of rotatable bonds is 4. The molecule has 1 heterocycles. The highest BCUT2D eigenvalue weighted by Crippen LogP contribution is 2.17. The van der Waals surface area contributed by atoms with E-state index in [2.05, 4.69) is 11.9 Å². The minimum Gasteiger partial charge on any atom is -0.466 e. The molecular formula is C10H19NO2. The Labute approximate surface area is 80.1 Å². The molecule has 0 N–H and O–H groups in total. The molecule has 76 valence electrons. The molecule has 0 radical (unpaired) electrons. The Morgan fingerprint density at radius 1 is 1.62 bits per heavy atom. The minimum atomic E-state index is -0.0827. The van der Waals surface area contributed by atoms with Crippen LogP contribution in [0.15, 0.2) is 0 Å². The molecule has 1 fully saturated rings. The van der Waals surface area contributed by atoms with Crippen LogP contribution in [0.3, 0.4) is 0 Å². The lowest BCUT2D eigenvalue weighted by Gasteiger charge is -2.18. The normalized spacial score (nSPS) is 23.4. The van der Waals surface area contributed by atoms with Crippen molar-refractivity contribution < 1.29 is 9.53 Å². The highest BCUT2D eigenvalue weighted by atomic mass is 16.5. The van der Waals surface area contributed by atoms with Crippen LogP contribution >= 0.6 is 0 Å². The molecule has 1 saturated heterocycles. The van der Waals surface area contributed by atoms with Crippen LogP contribution in [0.25, 0.3) is 0 Å². The largest absolute Gasteiger partial charge is 0.466 e. The number of carbonyl (C=O) groups excluding carboxylic acids is 1. The molecule has 0 saturated carbocycles. The predicted octanol–water partition coefficient (Wildman–Crippen LogP) is 1.42. The molecule has 1 aliphatic heterocycles. The van der Waals surface area contributed by atoms with Gasteiger partial charge in [0.25, 0.3) is 0 Å². The maximum atomic E-state index is 10.8. The third kappa shape index (κ3) is 3.35. The summed E-state index contributed by atoms with van der Waals surface area (Å²) >= 11 is 0. The van der Waals surface area contributed by atoms with Gasteiger partial charge in [0, 0.05) is 12.5 Å². The number of carbonyl (C=O) groups is 1. The molecule has 13 heavy (non-hydrogen) atoms. The van der Waals surface area contributed by atoms with E-state index in [0.717, 1.165) is 6.42 Å². The van der Waals surface area contributed by atoms with Gasteiger partial charge < -0.3 is 9.64 Å². The van der Waals surface area contributed by atoms with Crippen LogP contribution in [-0.4, -0.2) is 37.1 Å². The Balaban J connectivity index is 2.08. The second kappa shape index (κ2) is 5.22. The molecule has 0 aromatic heterocycles. The Kier molecular flexibility index (Phi) is 4.22. The van der Waals surface area contributed by atoms with Crippen molar-refractivity contribution in [1.82, 2.24) is 4.90 Å². The fourth-order valence-electron chi connectivity index (χ4n) is 1.75. The van der Waals surface area contributed by atoms with Gasteiger partial charge in [-0.25, -0.2) is 0 Å². The third-order valence-electron chi connectivity index (χ3n) is 2.67. The first-order valence-corrected chi connectivity index (χ1v) is 5.10. The second-order valence-electron chi connectivity index (χ2n) is 3.64. The van der Waals surface area contributed by atoms with Crippen molar-refractivity contribution in [3.8, 4) is 0 Å². The van der Waals surface area contributed by atoms with Gasteiger partial charge in [-0.1, -0.05) is 6.92 Å². The first-order valence-electron chi connectivity index (χ1n) is 5.10. The van der Waals surface area contributed by atoms with E-state index in [4.69, 9.17) is 4.74 Å². The maximum Gasteiger partial charge on any atom is 0.305 e. The quantitative estimate of drug-likeness (QED) is 0.620. The van der Waals surface area contributed by atoms with Crippen LogP contribution in [0, 0.1) is 0 Å². The van der Waals surface area contributed by atoms with Gasteiger partial charge in [0.1, 0.15) is 0 Å². The van der Waals surface area contributed by atoms with Gasteiger partial charge in [0.05, 0.1) is 6.61 Å². The molecule has 0 aromatic rings. The van der Waals surface area contributed by atoms with E-state index in [0.29, 0.717) is 19.1 Å². The number of nitrogens with zero attached hydrogens (tertiary/aromatic N) is 1. The molecule has 0 spiro atoms. The molecule has 1 aliphatic rings. The fourth-order valence-corrected chi connectivity index (χ4v) is 1.75. The van der Waals surface area contributed by atoms with Crippen molar-refractivity contribution in [2.45, 2.75) is 38.6 Å². The summed E-state index contributed by atoms with van der Waals surface area (Å²) in [4.78, 5) is 13.2. The summed E-state index contributed by atoms with van der Waals surface area (Å²) in [6.07, 6.45) is 4.01. The lowest BCUT2D eigenvalue weighted by atomic mass is 10.1. The fraction of sp³-hybridized carbons (Fsp3) is 0.900. The Morgan fingerprint density at radius 3 is 2.92 bits per heavy atom. The summed E-state index contributed by atoms with van der Waals surface area (Å²) in [5.41, 5.74) is 0. The summed E-state index contributed by atoms with van der Waals surface area (Å²) in [5.74, 6) is -0.0827. The van der Waals surface area contributed by atoms with Gasteiger partial charge in [-0.05, 0) is 32.9 Å². The zero-order valence-corrected chi connectivity index (χ0v) is 8.58. The van der Waals surface area contributed by atoms with E-state index >= 15 is 0 Å². The zero-order chi connectivity index (χ0) is 9.68. The second-order valence-corrected chi connectivity index (χ2v) is 3.64. The molecule has 3 nitrogen and oxygen atoms in total. The van der Waals surface area contributed by atoms with Crippen molar-refractivity contribution in [2.75, 3.05) is 20.2 Å². The molecule has 1 atom stereocenters. The molecule has 3 heteroatoms. The Morgan fingerprint density at radius 2 is 2.38 bits per heavy atom. The predicted molar refractivity (Wildman–Crippen MR) is 51.5 cm³/mol. The molecule has 1 unspecified atom stereocenters. The van der Waals surface area contributed by atoms with E-state index < -0.39 is 0 Å². The lowest BCUT2D eigenvalue weighted by Crippen LogP contribution is -2.26. The van der Waals surface area contributed by atoms with E-state index in [1.807, 2.05) is 6.92 Å². The topological polar surface area (TPSA) is 29.5 Å². The molecule has 0 bridgehead atoms. The van der Waals surface area contributed by atoms with Crippen LogP contribution in [0.4, 0.5) is 0 Å². The number of hydrogen-bond donors (Lipinski definition) is 0. The maximum absolute atomic E-state index is 10.8. The molecule has 0 amide bonds. The van der Waals surface area contributed by atoms with Crippen molar-refractivity contribution in [2.24, 2.45) is 0 Å². The molecule has 1 rings (SSSR count). The number of ether oxygens (including phenoxy) is 1. The Hall–Kier alpha value is -0.570. The van der Waals surface area contributed by atoms with E-state index in [9.17, 15) is 4.79 Å². The lowest BCUT2D eigenvalue weighted by molar-refractivity contribution is -0.143. The van der Waals surface area contributed by atoms with E-state index in [-0.39, 0.29) is 5.97 Å². The summed E-state index contributed by atoms with van der Waals surface area (Å²) in [6.45, 7) is 3.60. The van der Waals surface area contributed by atoms with Gasteiger partial charge >= 0.3 is 5.97 Å². The van der Waals surface area contributed by atoms with Crippen molar-refractivity contribution in [1.29, 1.82) is 0 Å². The first-order chi connectivity index (χ1) is 6.24. The monoisotopic (exact) mass is 185 g/mol. The average molecular weight is 185 g/mol. The smallest absolute Gasteiger partial charge is 0.305 e. The van der Waals surface area contributed by atoms with Crippen LogP contribution in [0.2, 0.25) is 0 Å². The van der Waals surface area contributed by atoms with Crippen molar-refractivity contribution in [3.63, 3.8) is 0 Å². The highest BCUT2D eigenvalue weighted by molar-refractivity contribution is 5.68. The Bertz CT molecular complexity index is 170. The molecular weight excluding hydrogens is 166 g/mol. The van der Waals surface area contributed by atoms with Crippen LogP contribution in [-0.2, 0) is 9.53 Å². The SMILES string of the molecule is CCC(=O)OCCC1CCCN1C. The highest BCUT2D eigenvalue weighted by Gasteiger charge is 2.20. The van der Waals surface area contributed by atoms with Crippen LogP contribution in [0.1, 0.15) is 32.6 Å². The minimum absolute atomic E-state index is 0.0827. The summed E-state index contributed by atoms with van der Waals surface area (Å²) in [7, 11) is 2.14. The standard InChI is InChI=1S/C10H19NO2/c1-3-10(12)13-8-6-9-5-4-7-11(9)2/h9H,3-8H2,1-2H3. The number of likely N-dealkylation sites (tertiary alicyclic amines) is 1. The van der Waals surface area contributed by atoms with E-state index in [1.165, 1.54) is 19.4 Å².